The zero-order valence-electron chi connectivity index (χ0n) is 42.6. The Morgan fingerprint density at radius 1 is 0.411 bits per heavy atom. The number of fused-ring (bicyclic) bond motifs is 2. The Kier molecular flexibility index (Phi) is 16.2. The number of methoxy groups -OCH3 is 4. The second-order valence-corrected chi connectivity index (χ2v) is 19.0. The number of carbonyl (C=O) groups excluding carboxylic acids is 2. The van der Waals surface area contributed by atoms with Gasteiger partial charge in [0.1, 0.15) is 28.4 Å². The molecule has 0 radical (unpaired) electrons. The van der Waals surface area contributed by atoms with Crippen LogP contribution in [0.25, 0.3) is 21.5 Å². The summed E-state index contributed by atoms with van der Waals surface area (Å²) < 4.78 is 22.0. The Morgan fingerprint density at radius 3 is 0.959 bits per heavy atom. The van der Waals surface area contributed by atoms with Crippen LogP contribution < -0.4 is 29.6 Å². The fraction of sp³-hybridized carbons (Fsp3) is 0.270. The first-order valence-corrected chi connectivity index (χ1v) is 24.9. The lowest BCUT2D eigenvalue weighted by Crippen LogP contribution is -2.58. The van der Waals surface area contributed by atoms with Crippen molar-refractivity contribution in [3.8, 4) is 23.0 Å². The van der Waals surface area contributed by atoms with Crippen LogP contribution in [0.5, 0.6) is 23.0 Å². The Morgan fingerprint density at radius 2 is 0.685 bits per heavy atom. The molecule has 2 atom stereocenters. The minimum absolute atomic E-state index is 0.108. The van der Waals surface area contributed by atoms with Gasteiger partial charge in [-0.25, -0.2) is 0 Å². The van der Waals surface area contributed by atoms with Crippen LogP contribution >= 0.6 is 0 Å². The first kappa shape index (κ1) is 51.7. The molecule has 0 spiro atoms. The Hall–Kier alpha value is -7.66. The van der Waals surface area contributed by atoms with E-state index < -0.39 is 40.5 Å². The number of carbonyl (C=O) groups is 2. The maximum atomic E-state index is 15.9. The van der Waals surface area contributed by atoms with Crippen molar-refractivity contribution in [2.45, 2.75) is 75.7 Å². The van der Waals surface area contributed by atoms with Crippen LogP contribution in [0.1, 0.15) is 72.2 Å². The highest BCUT2D eigenvalue weighted by Gasteiger charge is 2.50. The quantitative estimate of drug-likeness (QED) is 0.0493. The van der Waals surface area contributed by atoms with Gasteiger partial charge < -0.3 is 39.8 Å². The SMILES string of the molecule is CCC(CC)(C(=O)N[C@@H](c1cccc2ccccc12)C(O)(Cc1ccc(OC)cc1)Cc1ccc(OC)cc1)C(=O)N[C@@H](c1cccc2ccccc12)C(O)(Cc1ccc(OC)cc1)Cc1ccc(OC)cc1. The van der Waals surface area contributed by atoms with Gasteiger partial charge >= 0.3 is 0 Å². The summed E-state index contributed by atoms with van der Waals surface area (Å²) in [7, 11) is 6.43. The number of ether oxygens (including phenoxy) is 4. The van der Waals surface area contributed by atoms with Crippen molar-refractivity contribution in [2.24, 2.45) is 5.41 Å². The van der Waals surface area contributed by atoms with E-state index in [4.69, 9.17) is 18.9 Å². The predicted molar refractivity (Wildman–Crippen MR) is 289 cm³/mol. The third kappa shape index (κ3) is 11.4. The van der Waals surface area contributed by atoms with E-state index in [1.807, 2.05) is 196 Å². The van der Waals surface area contributed by atoms with Crippen LogP contribution in [-0.4, -0.2) is 61.7 Å². The minimum Gasteiger partial charge on any atom is -0.497 e. The molecule has 8 aromatic carbocycles. The monoisotopic (exact) mass is 978 g/mol. The van der Waals surface area contributed by atoms with Gasteiger partial charge in [0.25, 0.3) is 0 Å². The molecule has 0 saturated carbocycles. The van der Waals surface area contributed by atoms with Crippen molar-refractivity contribution in [1.82, 2.24) is 10.6 Å². The molecule has 0 aliphatic carbocycles. The fourth-order valence-electron chi connectivity index (χ4n) is 10.5. The number of hydrogen-bond donors (Lipinski definition) is 4. The van der Waals surface area contributed by atoms with E-state index >= 15 is 9.59 Å². The molecular formula is C63H66N2O8. The van der Waals surface area contributed by atoms with E-state index in [1.165, 1.54) is 0 Å². The largest absolute Gasteiger partial charge is 0.497 e. The highest BCUT2D eigenvalue weighted by molar-refractivity contribution is 6.05. The highest BCUT2D eigenvalue weighted by atomic mass is 16.5. The van der Waals surface area contributed by atoms with Gasteiger partial charge in [-0.2, -0.15) is 0 Å². The first-order valence-electron chi connectivity index (χ1n) is 24.9. The van der Waals surface area contributed by atoms with Gasteiger partial charge in [0.15, 0.2) is 0 Å². The van der Waals surface area contributed by atoms with Crippen molar-refractivity contribution in [2.75, 3.05) is 28.4 Å². The van der Waals surface area contributed by atoms with E-state index in [9.17, 15) is 10.2 Å². The zero-order chi connectivity index (χ0) is 51.6. The minimum atomic E-state index is -1.69. The number of aliphatic hydroxyl groups is 2. The van der Waals surface area contributed by atoms with E-state index in [0.29, 0.717) is 34.1 Å². The summed E-state index contributed by atoms with van der Waals surface area (Å²) in [6, 6.07) is 55.7. The number of amides is 2. The number of rotatable bonds is 22. The maximum Gasteiger partial charge on any atom is 0.236 e. The summed E-state index contributed by atoms with van der Waals surface area (Å²) in [5.74, 6) is 1.58. The molecule has 8 rings (SSSR count). The standard InChI is InChI=1S/C63H66N2O8/c1-7-61(8-2,59(66)64-57(55-21-13-17-47-15-9-11-19-53(47)55)62(68,39-43-23-31-49(70-3)32-24-43)40-44-25-33-50(71-4)34-26-44)60(67)65-58(56-22-14-18-48-16-10-12-20-54(48)56)63(69,41-45-27-35-51(72-5)36-28-45)42-46-29-37-52(73-6)38-30-46/h9-38,57-58,68-69H,7-8,39-42H2,1-6H3,(H,64,66)(H,65,67)/t57-,58-/m0/s1. The molecule has 0 aliphatic heterocycles. The van der Waals surface area contributed by atoms with Gasteiger partial charge in [-0.15, -0.1) is 0 Å². The second kappa shape index (κ2) is 22.8. The zero-order valence-corrected chi connectivity index (χ0v) is 42.6. The molecule has 0 aliphatic rings. The lowest BCUT2D eigenvalue weighted by molar-refractivity contribution is -0.148. The average Bonchev–Trinajstić information content (AvgIpc) is 3.42. The molecule has 0 heterocycles. The first-order chi connectivity index (χ1) is 35.4. The summed E-state index contributed by atoms with van der Waals surface area (Å²) in [6.45, 7) is 3.68. The van der Waals surface area contributed by atoms with Crippen LogP contribution in [0.3, 0.4) is 0 Å². The van der Waals surface area contributed by atoms with Crippen LogP contribution in [0.4, 0.5) is 0 Å². The number of benzene rings is 8. The summed E-state index contributed by atoms with van der Waals surface area (Å²) >= 11 is 0. The van der Waals surface area contributed by atoms with Crippen molar-refractivity contribution < 1.29 is 38.7 Å². The molecule has 8 aromatic rings. The van der Waals surface area contributed by atoms with Gasteiger partial charge in [-0.3, -0.25) is 9.59 Å². The molecule has 0 unspecified atom stereocenters. The molecular weight excluding hydrogens is 913 g/mol. The Labute approximate surface area is 428 Å². The molecule has 10 heteroatoms. The number of nitrogens with one attached hydrogen (secondary N) is 2. The molecule has 376 valence electrons. The van der Waals surface area contributed by atoms with Crippen molar-refractivity contribution in [3.05, 3.63) is 215 Å². The second-order valence-electron chi connectivity index (χ2n) is 19.0. The lowest BCUT2D eigenvalue weighted by atomic mass is 9.74. The van der Waals surface area contributed by atoms with Crippen molar-refractivity contribution in [1.29, 1.82) is 0 Å². The predicted octanol–water partition coefficient (Wildman–Crippen LogP) is 11.3. The van der Waals surface area contributed by atoms with Gasteiger partial charge in [-0.05, 0) is 116 Å². The van der Waals surface area contributed by atoms with Crippen molar-refractivity contribution >= 4 is 33.4 Å². The third-order valence-corrected chi connectivity index (χ3v) is 14.6. The van der Waals surface area contributed by atoms with Crippen LogP contribution in [-0.2, 0) is 35.3 Å². The average molecular weight is 979 g/mol. The third-order valence-electron chi connectivity index (χ3n) is 14.6. The van der Waals surface area contributed by atoms with Gasteiger partial charge in [0.05, 0.1) is 51.7 Å². The summed E-state index contributed by atoms with van der Waals surface area (Å²) in [5.41, 5.74) is -0.374. The molecule has 10 nitrogen and oxygen atoms in total. The summed E-state index contributed by atoms with van der Waals surface area (Å²) in [6.07, 6.45) is 0.721. The van der Waals surface area contributed by atoms with E-state index in [0.717, 1.165) is 43.8 Å². The Bertz CT molecular complexity index is 2800. The van der Waals surface area contributed by atoms with Crippen molar-refractivity contribution in [3.63, 3.8) is 0 Å². The van der Waals surface area contributed by atoms with Crippen LogP contribution in [0.15, 0.2) is 182 Å². The summed E-state index contributed by atoms with van der Waals surface area (Å²) in [5, 5.41) is 37.6. The van der Waals surface area contributed by atoms with Gasteiger partial charge in [-0.1, -0.05) is 147 Å². The lowest BCUT2D eigenvalue weighted by Gasteiger charge is -2.42. The van der Waals surface area contributed by atoms with E-state index in [-0.39, 0.29) is 38.5 Å². The van der Waals surface area contributed by atoms with E-state index in [1.54, 1.807) is 28.4 Å². The molecule has 0 saturated heterocycles. The molecule has 0 bridgehead atoms. The highest BCUT2D eigenvalue weighted by Crippen LogP contribution is 2.42. The smallest absolute Gasteiger partial charge is 0.236 e. The fourth-order valence-corrected chi connectivity index (χ4v) is 10.5. The van der Waals surface area contributed by atoms with E-state index in [2.05, 4.69) is 10.6 Å². The molecule has 2 amide bonds. The normalized spacial score (nSPS) is 12.7. The van der Waals surface area contributed by atoms with Crippen LogP contribution in [0, 0.1) is 5.41 Å². The molecule has 0 fully saturated rings. The van der Waals surface area contributed by atoms with Crippen LogP contribution in [0.2, 0.25) is 0 Å². The molecule has 4 N–H and O–H groups in total. The topological polar surface area (TPSA) is 136 Å². The molecule has 73 heavy (non-hydrogen) atoms. The maximum absolute atomic E-state index is 15.9. The molecule has 0 aromatic heterocycles. The summed E-state index contributed by atoms with van der Waals surface area (Å²) in [4.78, 5) is 31.8. The van der Waals surface area contributed by atoms with Gasteiger partial charge in [0, 0.05) is 25.7 Å². The van der Waals surface area contributed by atoms with Gasteiger partial charge in [0.2, 0.25) is 11.8 Å². The number of hydrogen-bond acceptors (Lipinski definition) is 8. The Balaban J connectivity index is 1.26.